The Morgan fingerprint density at radius 1 is 1.15 bits per heavy atom. The van der Waals surface area contributed by atoms with Crippen LogP contribution in [0.2, 0.25) is 0 Å². The van der Waals surface area contributed by atoms with Crippen LogP contribution in [0.1, 0.15) is 5.56 Å². The number of anilines is 1. The van der Waals surface area contributed by atoms with Crippen LogP contribution < -0.4 is 5.73 Å². The molecule has 2 aromatic carbocycles. The molecule has 3 rings (SSSR count). The first-order valence-electron chi connectivity index (χ1n) is 6.22. The maximum Gasteiger partial charge on any atom is 0.124 e. The standard InChI is InChI=1S/C16H13BrN2S/c1-10-4-2-3-5-12(10)16-19-15(9-20-16)11-6-7-13(17)14(18)8-11/h2-9H,18H2,1H3. The predicted octanol–water partition coefficient (Wildman–Crippen LogP) is 5.13. The molecule has 0 amide bonds. The largest absolute Gasteiger partial charge is 0.398 e. The number of aryl methyl sites for hydroxylation is 1. The van der Waals surface area contributed by atoms with Crippen LogP contribution in [0.4, 0.5) is 5.69 Å². The van der Waals surface area contributed by atoms with E-state index in [0.717, 1.165) is 26.4 Å². The highest BCUT2D eigenvalue weighted by molar-refractivity contribution is 9.10. The molecule has 0 aliphatic rings. The third kappa shape index (κ3) is 2.49. The second-order valence-corrected chi connectivity index (χ2v) is 6.30. The Kier molecular flexibility index (Phi) is 3.59. The average molecular weight is 345 g/mol. The Hall–Kier alpha value is -1.65. The van der Waals surface area contributed by atoms with Crippen molar-refractivity contribution in [1.29, 1.82) is 0 Å². The van der Waals surface area contributed by atoms with Crippen molar-refractivity contribution in [3.8, 4) is 21.8 Å². The van der Waals surface area contributed by atoms with Crippen LogP contribution in [-0.2, 0) is 0 Å². The zero-order valence-corrected chi connectivity index (χ0v) is 13.3. The van der Waals surface area contributed by atoms with Crippen molar-refractivity contribution in [2.24, 2.45) is 0 Å². The van der Waals surface area contributed by atoms with E-state index in [9.17, 15) is 0 Å². The van der Waals surface area contributed by atoms with Gasteiger partial charge in [0.1, 0.15) is 5.01 Å². The van der Waals surface area contributed by atoms with E-state index in [1.165, 1.54) is 11.1 Å². The zero-order valence-electron chi connectivity index (χ0n) is 10.9. The van der Waals surface area contributed by atoms with Crippen LogP contribution in [0, 0.1) is 6.92 Å². The number of aromatic nitrogens is 1. The van der Waals surface area contributed by atoms with Crippen molar-refractivity contribution in [1.82, 2.24) is 4.98 Å². The Morgan fingerprint density at radius 2 is 1.95 bits per heavy atom. The lowest BCUT2D eigenvalue weighted by molar-refractivity contribution is 1.37. The van der Waals surface area contributed by atoms with Crippen LogP contribution in [0.3, 0.4) is 0 Å². The quantitative estimate of drug-likeness (QED) is 0.654. The van der Waals surface area contributed by atoms with Crippen molar-refractivity contribution in [2.75, 3.05) is 5.73 Å². The van der Waals surface area contributed by atoms with Gasteiger partial charge < -0.3 is 5.73 Å². The first-order valence-corrected chi connectivity index (χ1v) is 7.89. The Bertz CT molecular complexity index is 765. The van der Waals surface area contributed by atoms with Crippen LogP contribution in [0.25, 0.3) is 21.8 Å². The number of hydrogen-bond acceptors (Lipinski definition) is 3. The van der Waals surface area contributed by atoms with Gasteiger partial charge in [0.2, 0.25) is 0 Å². The van der Waals surface area contributed by atoms with E-state index in [1.54, 1.807) is 11.3 Å². The maximum atomic E-state index is 5.93. The molecule has 100 valence electrons. The topological polar surface area (TPSA) is 38.9 Å². The normalized spacial score (nSPS) is 10.7. The number of hydrogen-bond donors (Lipinski definition) is 1. The third-order valence-corrected chi connectivity index (χ3v) is 4.77. The van der Waals surface area contributed by atoms with Gasteiger partial charge in [0.15, 0.2) is 0 Å². The van der Waals surface area contributed by atoms with Crippen LogP contribution in [0.15, 0.2) is 52.3 Å². The van der Waals surface area contributed by atoms with Crippen molar-refractivity contribution < 1.29 is 0 Å². The molecule has 4 heteroatoms. The molecule has 3 aromatic rings. The Morgan fingerprint density at radius 3 is 2.70 bits per heavy atom. The molecule has 0 spiro atoms. The summed E-state index contributed by atoms with van der Waals surface area (Å²) in [4.78, 5) is 4.73. The fourth-order valence-corrected chi connectivity index (χ4v) is 3.21. The number of nitrogens with zero attached hydrogens (tertiary/aromatic N) is 1. The third-order valence-electron chi connectivity index (χ3n) is 3.17. The van der Waals surface area contributed by atoms with Gasteiger partial charge in [0.05, 0.1) is 5.69 Å². The smallest absolute Gasteiger partial charge is 0.124 e. The second kappa shape index (κ2) is 5.38. The number of halogens is 1. The van der Waals surface area contributed by atoms with Gasteiger partial charge in [-0.15, -0.1) is 11.3 Å². The molecular formula is C16H13BrN2S. The van der Waals surface area contributed by atoms with E-state index in [2.05, 4.69) is 40.4 Å². The van der Waals surface area contributed by atoms with Crippen LogP contribution >= 0.6 is 27.3 Å². The van der Waals surface area contributed by atoms with E-state index in [-0.39, 0.29) is 0 Å². The predicted molar refractivity (Wildman–Crippen MR) is 89.8 cm³/mol. The van der Waals surface area contributed by atoms with Gasteiger partial charge in [-0.25, -0.2) is 4.98 Å². The molecule has 20 heavy (non-hydrogen) atoms. The lowest BCUT2D eigenvalue weighted by Crippen LogP contribution is -1.88. The molecule has 0 aliphatic carbocycles. The molecule has 2 nitrogen and oxygen atoms in total. The minimum atomic E-state index is 0.730. The zero-order chi connectivity index (χ0) is 14.1. The summed E-state index contributed by atoms with van der Waals surface area (Å²) in [6, 6.07) is 14.2. The number of benzene rings is 2. The summed E-state index contributed by atoms with van der Waals surface area (Å²) in [7, 11) is 0. The molecule has 1 heterocycles. The van der Waals surface area contributed by atoms with Crippen LogP contribution in [-0.4, -0.2) is 4.98 Å². The fourth-order valence-electron chi connectivity index (χ4n) is 2.05. The highest BCUT2D eigenvalue weighted by Crippen LogP contribution is 2.32. The SMILES string of the molecule is Cc1ccccc1-c1nc(-c2ccc(Br)c(N)c2)cs1. The molecule has 2 N–H and O–H groups in total. The summed E-state index contributed by atoms with van der Waals surface area (Å²) < 4.78 is 0.913. The Labute approximate surface area is 130 Å². The fraction of sp³-hybridized carbons (Fsp3) is 0.0625. The minimum absolute atomic E-state index is 0.730. The van der Waals surface area contributed by atoms with Gasteiger partial charge in [-0.3, -0.25) is 0 Å². The Balaban J connectivity index is 2.02. The minimum Gasteiger partial charge on any atom is -0.398 e. The van der Waals surface area contributed by atoms with Crippen molar-refractivity contribution in [2.45, 2.75) is 6.92 Å². The van der Waals surface area contributed by atoms with Gasteiger partial charge in [-0.1, -0.05) is 30.3 Å². The summed E-state index contributed by atoms with van der Waals surface area (Å²) >= 11 is 5.07. The number of nitrogens with two attached hydrogens (primary N) is 1. The molecule has 0 radical (unpaired) electrons. The summed E-state index contributed by atoms with van der Waals surface area (Å²) in [5.74, 6) is 0. The van der Waals surface area contributed by atoms with Crippen molar-refractivity contribution in [3.63, 3.8) is 0 Å². The molecule has 1 aromatic heterocycles. The van der Waals surface area contributed by atoms with E-state index >= 15 is 0 Å². The number of nitrogen functional groups attached to an aromatic ring is 1. The lowest BCUT2D eigenvalue weighted by atomic mass is 10.1. The van der Waals surface area contributed by atoms with E-state index in [0.29, 0.717) is 0 Å². The van der Waals surface area contributed by atoms with Gasteiger partial charge in [0, 0.05) is 26.7 Å². The van der Waals surface area contributed by atoms with Gasteiger partial charge in [0.25, 0.3) is 0 Å². The molecule has 0 saturated heterocycles. The molecule has 0 saturated carbocycles. The highest BCUT2D eigenvalue weighted by atomic mass is 79.9. The summed E-state index contributed by atoms with van der Waals surface area (Å²) in [6.45, 7) is 2.11. The maximum absolute atomic E-state index is 5.93. The van der Waals surface area contributed by atoms with E-state index < -0.39 is 0 Å². The molecule has 0 unspecified atom stereocenters. The van der Waals surface area contributed by atoms with Gasteiger partial charge in [-0.2, -0.15) is 0 Å². The monoisotopic (exact) mass is 344 g/mol. The van der Waals surface area contributed by atoms with Crippen molar-refractivity contribution in [3.05, 3.63) is 57.9 Å². The summed E-state index contributed by atoms with van der Waals surface area (Å²) in [5.41, 5.74) is 11.1. The number of rotatable bonds is 2. The molecule has 0 bridgehead atoms. The molecule has 0 aliphatic heterocycles. The first-order chi connectivity index (χ1) is 9.65. The molecule has 0 atom stereocenters. The van der Waals surface area contributed by atoms with Crippen LogP contribution in [0.5, 0.6) is 0 Å². The molecular weight excluding hydrogens is 332 g/mol. The highest BCUT2D eigenvalue weighted by Gasteiger charge is 2.09. The number of thiazole rings is 1. The lowest BCUT2D eigenvalue weighted by Gasteiger charge is -2.02. The second-order valence-electron chi connectivity index (χ2n) is 4.59. The van der Waals surface area contributed by atoms with E-state index in [4.69, 9.17) is 10.7 Å². The van der Waals surface area contributed by atoms with Gasteiger partial charge >= 0.3 is 0 Å². The van der Waals surface area contributed by atoms with Gasteiger partial charge in [-0.05, 0) is 40.5 Å². The summed E-state index contributed by atoms with van der Waals surface area (Å²) in [6.07, 6.45) is 0. The van der Waals surface area contributed by atoms with Crippen molar-refractivity contribution >= 4 is 33.0 Å². The summed E-state index contributed by atoms with van der Waals surface area (Å²) in [5, 5.41) is 3.12. The first kappa shape index (κ1) is 13.3. The molecule has 0 fully saturated rings. The average Bonchev–Trinajstić information content (AvgIpc) is 2.92. The van der Waals surface area contributed by atoms with E-state index in [1.807, 2.05) is 30.3 Å².